The molecule has 0 aliphatic rings. The van der Waals surface area contributed by atoms with Crippen LogP contribution in [0.2, 0.25) is 10.0 Å². The van der Waals surface area contributed by atoms with E-state index in [0.717, 1.165) is 10.5 Å². The Balaban J connectivity index is 1.46. The van der Waals surface area contributed by atoms with Gasteiger partial charge in [-0.2, -0.15) is 0 Å². The van der Waals surface area contributed by atoms with Crippen LogP contribution in [-0.2, 0) is 6.61 Å². The number of nitrogens with one attached hydrogen (secondary N) is 1. The van der Waals surface area contributed by atoms with Crippen LogP contribution in [-0.4, -0.2) is 10.8 Å². The fraction of sp³-hybridized carbons (Fsp3) is 0.0800. The second-order valence-electron chi connectivity index (χ2n) is 7.45. The summed E-state index contributed by atoms with van der Waals surface area (Å²) in [6.07, 6.45) is 0. The number of benzene rings is 3. The van der Waals surface area contributed by atoms with Gasteiger partial charge in [0.1, 0.15) is 23.1 Å². The third-order valence-electron chi connectivity index (χ3n) is 4.79. The quantitative estimate of drug-likeness (QED) is 0.185. The molecule has 7 nitrogen and oxygen atoms in total. The average Bonchev–Trinajstić information content (AvgIpc) is 3.31. The van der Waals surface area contributed by atoms with Gasteiger partial charge in [-0.15, -0.1) is 0 Å². The Bertz CT molecular complexity index is 1390. The Kier molecular flexibility index (Phi) is 7.65. The Labute approximate surface area is 215 Å². The average molecular weight is 529 g/mol. The number of ether oxygens (including phenoxy) is 1. The van der Waals surface area contributed by atoms with Crippen molar-refractivity contribution in [2.45, 2.75) is 23.3 Å². The van der Waals surface area contributed by atoms with Crippen LogP contribution in [0.5, 0.6) is 5.75 Å². The molecule has 0 saturated carbocycles. The number of non-ortho nitro benzene ring substituents is 1. The van der Waals surface area contributed by atoms with E-state index in [4.69, 9.17) is 32.4 Å². The maximum Gasteiger partial charge on any atom is 0.291 e. The molecule has 0 aliphatic carbocycles. The summed E-state index contributed by atoms with van der Waals surface area (Å²) >= 11 is 13.4. The van der Waals surface area contributed by atoms with Crippen LogP contribution in [0.1, 0.15) is 21.9 Å². The molecule has 0 fully saturated rings. The lowest BCUT2D eigenvalue weighted by molar-refractivity contribution is -0.385. The van der Waals surface area contributed by atoms with Crippen molar-refractivity contribution >= 4 is 52.2 Å². The maximum absolute atomic E-state index is 12.7. The lowest BCUT2D eigenvalue weighted by atomic mass is 10.2. The lowest BCUT2D eigenvalue weighted by Crippen LogP contribution is -2.11. The highest BCUT2D eigenvalue weighted by Crippen LogP contribution is 2.34. The van der Waals surface area contributed by atoms with Crippen LogP contribution in [0, 0.1) is 17.0 Å². The van der Waals surface area contributed by atoms with E-state index in [1.54, 1.807) is 30.3 Å². The van der Waals surface area contributed by atoms with Crippen molar-refractivity contribution in [3.63, 3.8) is 0 Å². The molecule has 35 heavy (non-hydrogen) atoms. The van der Waals surface area contributed by atoms with E-state index in [1.807, 2.05) is 31.2 Å². The molecule has 178 valence electrons. The van der Waals surface area contributed by atoms with Gasteiger partial charge in [-0.1, -0.05) is 58.7 Å². The summed E-state index contributed by atoms with van der Waals surface area (Å²) in [6, 6.07) is 20.3. The van der Waals surface area contributed by atoms with Gasteiger partial charge in [0.05, 0.1) is 9.95 Å². The number of furan rings is 1. The molecule has 0 saturated heterocycles. The molecule has 4 rings (SSSR count). The van der Waals surface area contributed by atoms with Crippen LogP contribution in [0.3, 0.4) is 0 Å². The number of hydrogen-bond acceptors (Lipinski definition) is 6. The lowest BCUT2D eigenvalue weighted by Gasteiger charge is -2.08. The highest BCUT2D eigenvalue weighted by atomic mass is 35.5. The zero-order chi connectivity index (χ0) is 24.9. The number of nitro benzene ring substituents is 1. The normalized spacial score (nSPS) is 10.7. The van der Waals surface area contributed by atoms with Gasteiger partial charge in [-0.3, -0.25) is 14.9 Å². The van der Waals surface area contributed by atoms with E-state index in [1.165, 1.54) is 30.0 Å². The van der Waals surface area contributed by atoms with E-state index in [9.17, 15) is 14.9 Å². The monoisotopic (exact) mass is 528 g/mol. The summed E-state index contributed by atoms with van der Waals surface area (Å²) < 4.78 is 11.2. The van der Waals surface area contributed by atoms with Crippen molar-refractivity contribution in [3.8, 4) is 5.75 Å². The fourth-order valence-corrected chi connectivity index (χ4v) is 4.33. The predicted molar refractivity (Wildman–Crippen MR) is 136 cm³/mol. The molecule has 1 N–H and O–H groups in total. The summed E-state index contributed by atoms with van der Waals surface area (Å²) in [6.45, 7) is 2.01. The molecular formula is C25H18Cl2N2O5S. The van der Waals surface area contributed by atoms with Crippen LogP contribution in [0.4, 0.5) is 11.4 Å². The number of aryl methyl sites for hydroxylation is 1. The van der Waals surface area contributed by atoms with Gasteiger partial charge >= 0.3 is 0 Å². The van der Waals surface area contributed by atoms with Crippen molar-refractivity contribution in [1.82, 2.24) is 0 Å². The predicted octanol–water partition coefficient (Wildman–Crippen LogP) is 7.79. The number of rotatable bonds is 8. The smallest absolute Gasteiger partial charge is 0.291 e. The van der Waals surface area contributed by atoms with E-state index in [2.05, 4.69) is 5.32 Å². The topological polar surface area (TPSA) is 94.6 Å². The molecule has 0 unspecified atom stereocenters. The third-order valence-corrected chi connectivity index (χ3v) is 6.57. The number of carbonyl (C=O) groups is 1. The highest BCUT2D eigenvalue weighted by Gasteiger charge is 2.16. The first-order chi connectivity index (χ1) is 16.8. The van der Waals surface area contributed by atoms with Crippen molar-refractivity contribution in [1.29, 1.82) is 0 Å². The van der Waals surface area contributed by atoms with Gasteiger partial charge in [0.25, 0.3) is 11.6 Å². The van der Waals surface area contributed by atoms with E-state index in [0.29, 0.717) is 21.4 Å². The molecule has 10 heteroatoms. The standard InChI is InChI=1S/C25H18Cl2N2O5S/c1-15-5-8-19(9-6-15)35-20-12-16(11-17(13-20)29(31)32)28-25(30)23-10-7-18(34-23)14-33-22-4-2-3-21(26)24(22)27/h2-13H,14H2,1H3,(H,28,30). The molecule has 4 aromatic rings. The summed E-state index contributed by atoms with van der Waals surface area (Å²) in [4.78, 5) is 25.2. The highest BCUT2D eigenvalue weighted by molar-refractivity contribution is 7.99. The number of nitro groups is 1. The largest absolute Gasteiger partial charge is 0.484 e. The zero-order valence-corrected chi connectivity index (χ0v) is 20.6. The van der Waals surface area contributed by atoms with E-state index in [-0.39, 0.29) is 28.8 Å². The summed E-state index contributed by atoms with van der Waals surface area (Å²) in [7, 11) is 0. The molecule has 3 aromatic carbocycles. The van der Waals surface area contributed by atoms with E-state index >= 15 is 0 Å². The maximum atomic E-state index is 12.7. The van der Waals surface area contributed by atoms with Crippen molar-refractivity contribution < 1.29 is 18.9 Å². The number of anilines is 1. The van der Waals surface area contributed by atoms with Crippen LogP contribution >= 0.6 is 35.0 Å². The minimum Gasteiger partial charge on any atom is -0.484 e. The minimum absolute atomic E-state index is 0.0278. The Morgan fingerprint density at radius 1 is 1.06 bits per heavy atom. The Morgan fingerprint density at radius 3 is 2.57 bits per heavy atom. The van der Waals surface area contributed by atoms with Crippen LogP contribution in [0.25, 0.3) is 0 Å². The van der Waals surface area contributed by atoms with Crippen LogP contribution < -0.4 is 10.1 Å². The first-order valence-electron chi connectivity index (χ1n) is 10.3. The number of carbonyl (C=O) groups excluding carboxylic acids is 1. The summed E-state index contributed by atoms with van der Waals surface area (Å²) in [5, 5.41) is 14.7. The SMILES string of the molecule is Cc1ccc(Sc2cc(NC(=O)c3ccc(COc4cccc(Cl)c4Cl)o3)cc([N+](=O)[O-])c2)cc1. The van der Waals surface area contributed by atoms with Gasteiger partial charge in [-0.25, -0.2) is 0 Å². The molecule has 0 bridgehead atoms. The molecule has 1 aromatic heterocycles. The first kappa shape index (κ1) is 24.7. The molecule has 0 atom stereocenters. The van der Waals surface area contributed by atoms with Crippen LogP contribution in [0.15, 0.2) is 87.0 Å². The molecule has 0 radical (unpaired) electrons. The summed E-state index contributed by atoms with van der Waals surface area (Å²) in [5.41, 5.74) is 1.25. The number of halogens is 2. The second kappa shape index (κ2) is 10.9. The van der Waals surface area contributed by atoms with Gasteiger partial charge in [0, 0.05) is 27.6 Å². The number of hydrogen-bond donors (Lipinski definition) is 1. The Hall–Kier alpha value is -3.46. The minimum atomic E-state index is -0.552. The molecule has 1 amide bonds. The van der Waals surface area contributed by atoms with Gasteiger partial charge in [0.15, 0.2) is 5.76 Å². The summed E-state index contributed by atoms with van der Waals surface area (Å²) in [5.74, 6) is 0.251. The molecule has 0 aliphatic heterocycles. The second-order valence-corrected chi connectivity index (χ2v) is 9.38. The first-order valence-corrected chi connectivity index (χ1v) is 11.9. The van der Waals surface area contributed by atoms with Crippen molar-refractivity contribution in [2.24, 2.45) is 0 Å². The third kappa shape index (κ3) is 6.36. The number of nitrogens with zero attached hydrogens (tertiary/aromatic N) is 1. The zero-order valence-electron chi connectivity index (χ0n) is 18.3. The van der Waals surface area contributed by atoms with E-state index < -0.39 is 10.8 Å². The van der Waals surface area contributed by atoms with Crippen molar-refractivity contribution in [3.05, 3.63) is 110 Å². The molecule has 0 spiro atoms. The fourth-order valence-electron chi connectivity index (χ4n) is 3.08. The Morgan fingerprint density at radius 2 is 1.83 bits per heavy atom. The number of amides is 1. The van der Waals surface area contributed by atoms with Gasteiger partial charge in [-0.05, 0) is 49.4 Å². The van der Waals surface area contributed by atoms with Gasteiger partial charge < -0.3 is 14.5 Å². The molecular weight excluding hydrogens is 511 g/mol. The van der Waals surface area contributed by atoms with Crippen molar-refractivity contribution in [2.75, 3.05) is 5.32 Å². The molecule has 1 heterocycles. The van der Waals surface area contributed by atoms with Gasteiger partial charge in [0.2, 0.25) is 0 Å².